The van der Waals surface area contributed by atoms with Crippen LogP contribution in [0.5, 0.6) is 0 Å². The van der Waals surface area contributed by atoms with Crippen molar-refractivity contribution >= 4 is 11.9 Å². The number of hydrogen-bond acceptors (Lipinski definition) is 4. The highest BCUT2D eigenvalue weighted by atomic mass is 16.5. The molecule has 122 valence electrons. The molecule has 0 atom stereocenters. The summed E-state index contributed by atoms with van der Waals surface area (Å²) in [5.41, 5.74) is 1.51. The van der Waals surface area contributed by atoms with Crippen molar-refractivity contribution < 1.29 is 19.1 Å². The fraction of sp³-hybridized carbons (Fsp3) is 0.611. The molecule has 0 aromatic heterocycles. The van der Waals surface area contributed by atoms with Crippen LogP contribution in [0.1, 0.15) is 51.9 Å². The van der Waals surface area contributed by atoms with Crippen LogP contribution in [0.4, 0.5) is 0 Å². The van der Waals surface area contributed by atoms with Gasteiger partial charge in [-0.15, -0.1) is 18.1 Å². The van der Waals surface area contributed by atoms with E-state index < -0.39 is 17.4 Å². The molecule has 0 bridgehead atoms. The molecule has 0 radical (unpaired) electrons. The molecular formula is C18H26O4. The van der Waals surface area contributed by atoms with Crippen LogP contribution in [0.3, 0.4) is 0 Å². The van der Waals surface area contributed by atoms with E-state index in [0.29, 0.717) is 0 Å². The lowest BCUT2D eigenvalue weighted by atomic mass is 9.81. The van der Waals surface area contributed by atoms with E-state index in [1.807, 2.05) is 6.08 Å². The first-order valence-electron chi connectivity index (χ1n) is 7.58. The number of ether oxygens (including phenoxy) is 2. The van der Waals surface area contributed by atoms with Crippen molar-refractivity contribution in [2.24, 2.45) is 5.41 Å². The number of carbonyl (C=O) groups excluding carboxylic acids is 2. The number of terminal acetylenes is 1. The first kappa shape index (κ1) is 20.0. The Morgan fingerprint density at radius 2 is 1.73 bits per heavy atom. The molecular weight excluding hydrogens is 280 g/mol. The van der Waals surface area contributed by atoms with Gasteiger partial charge in [-0.3, -0.25) is 9.59 Å². The Morgan fingerprint density at radius 3 is 2.23 bits per heavy atom. The zero-order valence-electron chi connectivity index (χ0n) is 13.8. The molecule has 0 aliphatic rings. The average Bonchev–Trinajstić information content (AvgIpc) is 2.54. The molecule has 0 aliphatic carbocycles. The maximum Gasteiger partial charge on any atom is 0.324 e. The highest BCUT2D eigenvalue weighted by molar-refractivity contribution is 6.00. The zero-order valence-corrected chi connectivity index (χ0v) is 13.8. The number of methoxy groups -OCH3 is 2. The molecule has 4 heteroatoms. The summed E-state index contributed by atoms with van der Waals surface area (Å²) in [6, 6.07) is 0. The summed E-state index contributed by atoms with van der Waals surface area (Å²) in [5.74, 6) is 0.990. The zero-order chi connectivity index (χ0) is 16.8. The van der Waals surface area contributed by atoms with Gasteiger partial charge in [-0.05, 0) is 25.0 Å². The van der Waals surface area contributed by atoms with Gasteiger partial charge in [0.2, 0.25) is 0 Å². The molecule has 0 saturated carbocycles. The Morgan fingerprint density at radius 1 is 1.09 bits per heavy atom. The number of esters is 2. The summed E-state index contributed by atoms with van der Waals surface area (Å²) >= 11 is 0. The van der Waals surface area contributed by atoms with Crippen molar-refractivity contribution in [2.75, 3.05) is 14.2 Å². The molecule has 0 heterocycles. The van der Waals surface area contributed by atoms with E-state index in [2.05, 4.69) is 18.6 Å². The fourth-order valence-corrected chi connectivity index (χ4v) is 2.10. The molecule has 0 N–H and O–H groups in total. The van der Waals surface area contributed by atoms with Crippen LogP contribution < -0.4 is 0 Å². The minimum absolute atomic E-state index is 0.0684. The van der Waals surface area contributed by atoms with Gasteiger partial charge in [-0.1, -0.05) is 26.2 Å². The van der Waals surface area contributed by atoms with Gasteiger partial charge >= 0.3 is 11.9 Å². The van der Waals surface area contributed by atoms with Gasteiger partial charge in [0.05, 0.1) is 14.2 Å². The van der Waals surface area contributed by atoms with Gasteiger partial charge in [0.1, 0.15) is 0 Å². The van der Waals surface area contributed by atoms with Crippen LogP contribution in [0.2, 0.25) is 0 Å². The van der Waals surface area contributed by atoms with Gasteiger partial charge in [0.15, 0.2) is 5.41 Å². The second-order valence-electron chi connectivity index (χ2n) is 5.07. The summed E-state index contributed by atoms with van der Waals surface area (Å²) in [6.45, 7) is 2.17. The predicted molar refractivity (Wildman–Crippen MR) is 85.9 cm³/mol. The molecule has 0 amide bonds. The molecule has 0 rings (SSSR count). The number of rotatable bonds is 10. The van der Waals surface area contributed by atoms with E-state index in [-0.39, 0.29) is 12.8 Å². The number of hydrogen-bond donors (Lipinski definition) is 0. The van der Waals surface area contributed by atoms with Crippen molar-refractivity contribution in [2.45, 2.75) is 51.9 Å². The topological polar surface area (TPSA) is 52.6 Å². The lowest BCUT2D eigenvalue weighted by Gasteiger charge is -2.24. The Bertz CT molecular complexity index is 434. The van der Waals surface area contributed by atoms with Crippen LogP contribution in [0.15, 0.2) is 17.9 Å². The van der Waals surface area contributed by atoms with Crippen molar-refractivity contribution in [1.29, 1.82) is 0 Å². The van der Waals surface area contributed by atoms with Gasteiger partial charge < -0.3 is 9.47 Å². The molecule has 0 aromatic carbocycles. The SMILES string of the molecule is C#CCC(CC=C=CCCCCCC)(C(=O)OC)C(=O)OC. The molecule has 0 saturated heterocycles. The van der Waals surface area contributed by atoms with Gasteiger partial charge in [-0.2, -0.15) is 0 Å². The standard InChI is InChI=1S/C18H26O4/c1-5-7-8-9-10-11-12-13-15-18(14-6-2,16(19)21-3)17(20)22-4/h2,11,13H,5,7-10,14-15H2,1,3-4H3. The van der Waals surface area contributed by atoms with Crippen molar-refractivity contribution in [3.8, 4) is 12.3 Å². The third-order valence-corrected chi connectivity index (χ3v) is 3.44. The van der Waals surface area contributed by atoms with Crippen molar-refractivity contribution in [3.63, 3.8) is 0 Å². The second-order valence-corrected chi connectivity index (χ2v) is 5.07. The Labute approximate surface area is 133 Å². The van der Waals surface area contributed by atoms with E-state index in [9.17, 15) is 9.59 Å². The first-order valence-corrected chi connectivity index (χ1v) is 7.58. The lowest BCUT2D eigenvalue weighted by molar-refractivity contribution is -0.168. The monoisotopic (exact) mass is 306 g/mol. The summed E-state index contributed by atoms with van der Waals surface area (Å²) in [5, 5.41) is 0. The van der Waals surface area contributed by atoms with E-state index >= 15 is 0 Å². The van der Waals surface area contributed by atoms with E-state index in [0.717, 1.165) is 12.8 Å². The Balaban J connectivity index is 4.85. The first-order chi connectivity index (χ1) is 10.6. The van der Waals surface area contributed by atoms with Crippen LogP contribution in [0, 0.1) is 17.8 Å². The molecule has 0 spiro atoms. The highest BCUT2D eigenvalue weighted by Gasteiger charge is 2.47. The predicted octanol–water partition coefficient (Wildman–Crippen LogP) is 3.41. The molecule has 0 fully saturated rings. The minimum Gasteiger partial charge on any atom is -0.468 e. The van der Waals surface area contributed by atoms with Crippen LogP contribution >= 0.6 is 0 Å². The summed E-state index contributed by atoms with van der Waals surface area (Å²) in [6.07, 6.45) is 14.5. The normalized spacial score (nSPS) is 10.1. The Kier molecular flexibility index (Phi) is 10.6. The van der Waals surface area contributed by atoms with E-state index in [1.165, 1.54) is 33.5 Å². The molecule has 0 aromatic rings. The average molecular weight is 306 g/mol. The lowest BCUT2D eigenvalue weighted by Crippen LogP contribution is -2.40. The minimum atomic E-state index is -1.48. The number of allylic oxidation sites excluding steroid dienone is 1. The van der Waals surface area contributed by atoms with Gasteiger partial charge in [0, 0.05) is 12.8 Å². The highest BCUT2D eigenvalue weighted by Crippen LogP contribution is 2.30. The maximum atomic E-state index is 12.0. The summed E-state index contributed by atoms with van der Waals surface area (Å²) < 4.78 is 9.44. The van der Waals surface area contributed by atoms with E-state index in [4.69, 9.17) is 15.9 Å². The Hall–Kier alpha value is -1.98. The van der Waals surface area contributed by atoms with Crippen LogP contribution in [-0.4, -0.2) is 26.2 Å². The molecule has 4 nitrogen and oxygen atoms in total. The van der Waals surface area contributed by atoms with E-state index in [1.54, 1.807) is 6.08 Å². The number of unbranched alkanes of at least 4 members (excludes halogenated alkanes) is 4. The van der Waals surface area contributed by atoms with Crippen molar-refractivity contribution in [3.05, 3.63) is 17.9 Å². The molecule has 0 aliphatic heterocycles. The van der Waals surface area contributed by atoms with Crippen LogP contribution in [-0.2, 0) is 19.1 Å². The summed E-state index contributed by atoms with van der Waals surface area (Å²) in [4.78, 5) is 24.0. The van der Waals surface area contributed by atoms with Gasteiger partial charge in [0.25, 0.3) is 0 Å². The molecule has 22 heavy (non-hydrogen) atoms. The quantitative estimate of drug-likeness (QED) is 0.204. The largest absolute Gasteiger partial charge is 0.468 e. The fourth-order valence-electron chi connectivity index (χ4n) is 2.10. The third kappa shape index (κ3) is 6.20. The van der Waals surface area contributed by atoms with Gasteiger partial charge in [-0.25, -0.2) is 0 Å². The van der Waals surface area contributed by atoms with Crippen molar-refractivity contribution in [1.82, 2.24) is 0 Å². The number of carbonyl (C=O) groups is 2. The second kappa shape index (κ2) is 11.7. The van der Waals surface area contributed by atoms with Crippen LogP contribution in [0.25, 0.3) is 0 Å². The summed E-state index contributed by atoms with van der Waals surface area (Å²) in [7, 11) is 2.45. The smallest absolute Gasteiger partial charge is 0.324 e. The third-order valence-electron chi connectivity index (χ3n) is 3.44. The maximum absolute atomic E-state index is 12.0. The molecule has 0 unspecified atom stereocenters.